The second-order valence-electron chi connectivity index (χ2n) is 6.86. The number of amides is 1. The van der Waals surface area contributed by atoms with Crippen molar-refractivity contribution in [3.05, 3.63) is 65.2 Å². The first kappa shape index (κ1) is 21.7. The van der Waals surface area contributed by atoms with E-state index in [1.807, 2.05) is 48.5 Å². The van der Waals surface area contributed by atoms with Gasteiger partial charge in [0.15, 0.2) is 0 Å². The van der Waals surface area contributed by atoms with Crippen molar-refractivity contribution in [2.75, 3.05) is 31.7 Å². The summed E-state index contributed by atoms with van der Waals surface area (Å²) < 4.78 is 32.0. The van der Waals surface area contributed by atoms with E-state index in [4.69, 9.17) is 4.74 Å². The second kappa shape index (κ2) is 10.1. The summed E-state index contributed by atoms with van der Waals surface area (Å²) in [4.78, 5) is 12.0. The van der Waals surface area contributed by atoms with E-state index in [-0.39, 0.29) is 18.2 Å². The maximum absolute atomic E-state index is 12.6. The molecule has 0 radical (unpaired) electrons. The molecule has 0 spiro atoms. The van der Waals surface area contributed by atoms with Crippen molar-refractivity contribution in [3.63, 3.8) is 0 Å². The van der Waals surface area contributed by atoms with Crippen molar-refractivity contribution >= 4 is 27.7 Å². The molecule has 1 aliphatic heterocycles. The van der Waals surface area contributed by atoms with Crippen molar-refractivity contribution in [3.8, 4) is 5.75 Å². The van der Waals surface area contributed by atoms with Crippen molar-refractivity contribution in [2.24, 2.45) is 0 Å². The van der Waals surface area contributed by atoms with Gasteiger partial charge in [-0.2, -0.15) is 4.31 Å². The van der Waals surface area contributed by atoms with Crippen LogP contribution in [0.4, 0.5) is 0 Å². The molecule has 0 aromatic heterocycles. The number of nitrogens with one attached hydrogen (secondary N) is 1. The molecule has 0 bridgehead atoms. The van der Waals surface area contributed by atoms with Gasteiger partial charge in [-0.3, -0.25) is 4.79 Å². The summed E-state index contributed by atoms with van der Waals surface area (Å²) in [7, 11) is -1.80. The third-order valence-corrected chi connectivity index (χ3v) is 7.63. The first-order chi connectivity index (χ1) is 14.0. The molecule has 1 amide bonds. The summed E-state index contributed by atoms with van der Waals surface area (Å²) in [6, 6.07) is 15.7. The molecule has 29 heavy (non-hydrogen) atoms. The monoisotopic (exact) mass is 434 g/mol. The SMILES string of the molecule is COc1ccc2c(c1)CCN(S(=O)(=O)CCNC(=O)CSCc1ccccc1)C2. The number of rotatable bonds is 9. The fourth-order valence-corrected chi connectivity index (χ4v) is 5.34. The van der Waals surface area contributed by atoms with Gasteiger partial charge in [0, 0.05) is 25.4 Å². The molecule has 0 fully saturated rings. The highest BCUT2D eigenvalue weighted by atomic mass is 32.2. The predicted molar refractivity (Wildman–Crippen MR) is 117 cm³/mol. The molecular formula is C21H26N2O4S2. The topological polar surface area (TPSA) is 75.7 Å². The van der Waals surface area contributed by atoms with Crippen LogP contribution < -0.4 is 10.1 Å². The van der Waals surface area contributed by atoms with Crippen LogP contribution in [-0.4, -0.2) is 50.3 Å². The van der Waals surface area contributed by atoms with E-state index >= 15 is 0 Å². The minimum atomic E-state index is -3.42. The first-order valence-corrected chi connectivity index (χ1v) is 12.3. The van der Waals surface area contributed by atoms with E-state index in [0.29, 0.717) is 25.3 Å². The Balaban J connectivity index is 1.42. The van der Waals surface area contributed by atoms with Crippen LogP contribution in [0.3, 0.4) is 0 Å². The zero-order valence-corrected chi connectivity index (χ0v) is 18.1. The van der Waals surface area contributed by atoms with Gasteiger partial charge in [-0.1, -0.05) is 36.4 Å². The van der Waals surface area contributed by atoms with E-state index in [1.165, 1.54) is 16.1 Å². The van der Waals surface area contributed by atoms with Crippen LogP contribution in [-0.2, 0) is 33.5 Å². The number of methoxy groups -OCH3 is 1. The summed E-state index contributed by atoms with van der Waals surface area (Å²) in [6.45, 7) is 0.935. The number of nitrogens with zero attached hydrogens (tertiary/aromatic N) is 1. The average Bonchev–Trinajstić information content (AvgIpc) is 2.73. The van der Waals surface area contributed by atoms with Gasteiger partial charge in [-0.25, -0.2) is 8.42 Å². The van der Waals surface area contributed by atoms with E-state index in [0.717, 1.165) is 28.2 Å². The number of benzene rings is 2. The van der Waals surface area contributed by atoms with E-state index < -0.39 is 10.0 Å². The summed E-state index contributed by atoms with van der Waals surface area (Å²) in [5.74, 6) is 1.62. The molecule has 0 atom stereocenters. The molecule has 6 nitrogen and oxygen atoms in total. The first-order valence-electron chi connectivity index (χ1n) is 9.50. The third-order valence-electron chi connectivity index (χ3n) is 4.81. The van der Waals surface area contributed by atoms with Crippen molar-refractivity contribution in [2.45, 2.75) is 18.7 Å². The molecule has 1 N–H and O–H groups in total. The summed E-state index contributed by atoms with van der Waals surface area (Å²) in [6.07, 6.45) is 0.661. The van der Waals surface area contributed by atoms with Crippen LogP contribution in [0, 0.1) is 0 Å². The highest BCUT2D eigenvalue weighted by Gasteiger charge is 2.26. The Bertz CT molecular complexity index is 933. The van der Waals surface area contributed by atoms with Crippen LogP contribution in [0.1, 0.15) is 16.7 Å². The summed E-state index contributed by atoms with van der Waals surface area (Å²) in [5, 5.41) is 2.72. The van der Waals surface area contributed by atoms with E-state index in [9.17, 15) is 13.2 Å². The van der Waals surface area contributed by atoms with Gasteiger partial charge in [0.05, 0.1) is 18.6 Å². The van der Waals surface area contributed by atoms with Crippen LogP contribution in [0.5, 0.6) is 5.75 Å². The number of sulfonamides is 1. The minimum absolute atomic E-state index is 0.0897. The molecule has 1 heterocycles. The molecule has 0 unspecified atom stereocenters. The van der Waals surface area contributed by atoms with Gasteiger partial charge < -0.3 is 10.1 Å². The molecule has 3 rings (SSSR count). The Hall–Kier alpha value is -2.03. The van der Waals surface area contributed by atoms with Crippen LogP contribution >= 0.6 is 11.8 Å². The quantitative estimate of drug-likeness (QED) is 0.656. The van der Waals surface area contributed by atoms with Gasteiger partial charge in [0.1, 0.15) is 5.75 Å². The molecule has 0 saturated heterocycles. The average molecular weight is 435 g/mol. The van der Waals surface area contributed by atoms with Crippen LogP contribution in [0.25, 0.3) is 0 Å². The standard InChI is InChI=1S/C21H26N2O4S2/c1-27-20-8-7-19-14-23(11-9-18(19)13-20)29(25,26)12-10-22-21(24)16-28-15-17-5-3-2-4-6-17/h2-8,13H,9-12,14-16H2,1H3,(H,22,24). The fourth-order valence-electron chi connectivity index (χ4n) is 3.20. The second-order valence-corrected chi connectivity index (χ2v) is 9.94. The Kier molecular flexibility index (Phi) is 7.57. The third kappa shape index (κ3) is 6.22. The fraction of sp³-hybridized carbons (Fsp3) is 0.381. The zero-order chi connectivity index (χ0) is 20.7. The lowest BCUT2D eigenvalue weighted by Crippen LogP contribution is -2.40. The number of hydrogen-bond donors (Lipinski definition) is 1. The van der Waals surface area contributed by atoms with Crippen molar-refractivity contribution in [1.82, 2.24) is 9.62 Å². The Morgan fingerprint density at radius 1 is 1.17 bits per heavy atom. The van der Waals surface area contributed by atoms with Gasteiger partial charge in [0.2, 0.25) is 15.9 Å². The van der Waals surface area contributed by atoms with Crippen LogP contribution in [0.15, 0.2) is 48.5 Å². The number of thioether (sulfide) groups is 1. The van der Waals surface area contributed by atoms with E-state index in [2.05, 4.69) is 5.32 Å². The molecule has 0 aliphatic carbocycles. The van der Waals surface area contributed by atoms with Gasteiger partial charge >= 0.3 is 0 Å². The van der Waals surface area contributed by atoms with Crippen molar-refractivity contribution < 1.29 is 17.9 Å². The van der Waals surface area contributed by atoms with E-state index in [1.54, 1.807) is 7.11 Å². The molecule has 8 heteroatoms. The maximum atomic E-state index is 12.6. The molecule has 156 valence electrons. The number of fused-ring (bicyclic) bond motifs is 1. The summed E-state index contributed by atoms with van der Waals surface area (Å²) in [5.41, 5.74) is 3.29. The van der Waals surface area contributed by atoms with Crippen molar-refractivity contribution in [1.29, 1.82) is 0 Å². The number of hydrogen-bond acceptors (Lipinski definition) is 5. The van der Waals surface area contributed by atoms with Gasteiger partial charge in [-0.15, -0.1) is 11.8 Å². The molecule has 0 saturated carbocycles. The predicted octanol–water partition coefficient (Wildman–Crippen LogP) is 2.43. The largest absolute Gasteiger partial charge is 0.497 e. The lowest BCUT2D eigenvalue weighted by atomic mass is 10.0. The Morgan fingerprint density at radius 3 is 2.72 bits per heavy atom. The molecule has 2 aromatic carbocycles. The number of ether oxygens (including phenoxy) is 1. The zero-order valence-electron chi connectivity index (χ0n) is 16.5. The van der Waals surface area contributed by atoms with Gasteiger partial charge in [0.25, 0.3) is 0 Å². The maximum Gasteiger partial charge on any atom is 0.230 e. The highest BCUT2D eigenvalue weighted by Crippen LogP contribution is 2.25. The Labute approximate surface area is 176 Å². The van der Waals surface area contributed by atoms with Crippen LogP contribution in [0.2, 0.25) is 0 Å². The lowest BCUT2D eigenvalue weighted by Gasteiger charge is -2.28. The highest BCUT2D eigenvalue weighted by molar-refractivity contribution is 7.99. The molecule has 1 aliphatic rings. The molecule has 2 aromatic rings. The smallest absolute Gasteiger partial charge is 0.230 e. The normalized spacial score (nSPS) is 14.2. The molecular weight excluding hydrogens is 408 g/mol. The number of carbonyl (C=O) groups is 1. The summed E-state index contributed by atoms with van der Waals surface area (Å²) >= 11 is 1.51. The Morgan fingerprint density at radius 2 is 1.97 bits per heavy atom. The van der Waals surface area contributed by atoms with Gasteiger partial charge in [-0.05, 0) is 35.2 Å². The minimum Gasteiger partial charge on any atom is -0.497 e. The lowest BCUT2D eigenvalue weighted by molar-refractivity contribution is -0.118. The number of carbonyl (C=O) groups excluding carboxylic acids is 1.